The van der Waals surface area contributed by atoms with Crippen molar-refractivity contribution in [2.75, 3.05) is 12.4 Å². The van der Waals surface area contributed by atoms with Crippen LogP contribution in [0.4, 0.5) is 10.5 Å². The van der Waals surface area contributed by atoms with E-state index >= 15 is 0 Å². The van der Waals surface area contributed by atoms with Crippen molar-refractivity contribution in [3.05, 3.63) is 40.0 Å². The molecule has 0 aliphatic carbocycles. The molecule has 1 aromatic carbocycles. The Bertz CT molecular complexity index is 882. The second kappa shape index (κ2) is 6.60. The number of amides is 2. The van der Waals surface area contributed by atoms with Gasteiger partial charge in [0, 0.05) is 30.5 Å². The van der Waals surface area contributed by atoms with Gasteiger partial charge in [-0.1, -0.05) is 6.92 Å². The van der Waals surface area contributed by atoms with Crippen LogP contribution < -0.4 is 5.32 Å². The summed E-state index contributed by atoms with van der Waals surface area (Å²) >= 11 is 1.63. The van der Waals surface area contributed by atoms with Crippen LogP contribution in [-0.2, 0) is 20.0 Å². The Kier molecular flexibility index (Phi) is 4.53. The normalized spacial score (nSPS) is 11.0. The second-order valence-corrected chi connectivity index (χ2v) is 6.76. The van der Waals surface area contributed by atoms with Crippen molar-refractivity contribution < 1.29 is 4.79 Å². The number of hydrogen-bond donors (Lipinski definition) is 1. The monoisotopic (exact) mass is 343 g/mol. The Labute approximate surface area is 145 Å². The van der Waals surface area contributed by atoms with Crippen LogP contribution >= 0.6 is 11.3 Å². The van der Waals surface area contributed by atoms with E-state index in [-0.39, 0.29) is 6.03 Å². The minimum absolute atomic E-state index is 0.153. The number of aromatic nitrogens is 3. The van der Waals surface area contributed by atoms with E-state index in [0.717, 1.165) is 39.4 Å². The standard InChI is InChI=1S/C17H21N5OS/c1-5-16-18-13(10-24-16)9-21(3)17(23)19-12-6-7-14-11(2)20-22(4)15(14)8-12/h6-8,10H,5,9H2,1-4H3,(H,19,23). The molecule has 2 heterocycles. The summed E-state index contributed by atoms with van der Waals surface area (Å²) in [5.41, 5.74) is 3.67. The topological polar surface area (TPSA) is 63.1 Å². The molecule has 6 nitrogen and oxygen atoms in total. The molecule has 2 aromatic heterocycles. The van der Waals surface area contributed by atoms with Gasteiger partial charge in [-0.2, -0.15) is 5.10 Å². The maximum atomic E-state index is 12.4. The van der Waals surface area contributed by atoms with Crippen LogP contribution in [0.5, 0.6) is 0 Å². The molecule has 2 amide bonds. The van der Waals surface area contributed by atoms with E-state index in [1.165, 1.54) is 0 Å². The molecule has 126 valence electrons. The van der Waals surface area contributed by atoms with E-state index in [9.17, 15) is 4.79 Å². The van der Waals surface area contributed by atoms with Gasteiger partial charge in [0.25, 0.3) is 0 Å². The molecule has 0 aliphatic heterocycles. The lowest BCUT2D eigenvalue weighted by molar-refractivity contribution is 0.220. The summed E-state index contributed by atoms with van der Waals surface area (Å²) in [4.78, 5) is 18.5. The smallest absolute Gasteiger partial charge is 0.321 e. The van der Waals surface area contributed by atoms with Gasteiger partial charge in [-0.3, -0.25) is 4.68 Å². The van der Waals surface area contributed by atoms with Gasteiger partial charge in [0.2, 0.25) is 0 Å². The highest BCUT2D eigenvalue weighted by molar-refractivity contribution is 7.09. The highest BCUT2D eigenvalue weighted by Crippen LogP contribution is 2.22. The molecule has 24 heavy (non-hydrogen) atoms. The third-order valence-electron chi connectivity index (χ3n) is 3.94. The van der Waals surface area contributed by atoms with Gasteiger partial charge in [-0.05, 0) is 31.5 Å². The van der Waals surface area contributed by atoms with Crippen molar-refractivity contribution in [1.29, 1.82) is 0 Å². The summed E-state index contributed by atoms with van der Waals surface area (Å²) in [5, 5.41) is 11.5. The lowest BCUT2D eigenvalue weighted by Gasteiger charge is -2.17. The SMILES string of the molecule is CCc1nc(CN(C)C(=O)Nc2ccc3c(C)nn(C)c3c2)cs1. The number of anilines is 1. The van der Waals surface area contributed by atoms with Crippen LogP contribution in [0.15, 0.2) is 23.6 Å². The average molecular weight is 343 g/mol. The van der Waals surface area contributed by atoms with Crippen molar-refractivity contribution in [2.45, 2.75) is 26.8 Å². The summed E-state index contributed by atoms with van der Waals surface area (Å²) in [6, 6.07) is 5.68. The molecule has 0 fully saturated rings. The number of aryl methyl sites for hydroxylation is 3. The molecule has 0 saturated carbocycles. The second-order valence-electron chi connectivity index (χ2n) is 5.81. The third kappa shape index (κ3) is 3.26. The van der Waals surface area contributed by atoms with Crippen LogP contribution in [0.2, 0.25) is 0 Å². The predicted octanol–water partition coefficient (Wildman–Crippen LogP) is 3.56. The Morgan fingerprint density at radius 3 is 2.92 bits per heavy atom. The van der Waals surface area contributed by atoms with Gasteiger partial charge >= 0.3 is 6.03 Å². The number of hydrogen-bond acceptors (Lipinski definition) is 4. The van der Waals surface area contributed by atoms with E-state index in [1.807, 2.05) is 42.2 Å². The summed E-state index contributed by atoms with van der Waals surface area (Å²) in [6.07, 6.45) is 0.921. The molecule has 0 saturated heterocycles. The van der Waals surface area contributed by atoms with E-state index < -0.39 is 0 Å². The zero-order valence-electron chi connectivity index (χ0n) is 14.3. The highest BCUT2D eigenvalue weighted by Gasteiger charge is 2.13. The molecule has 0 bridgehead atoms. The van der Waals surface area contributed by atoms with Gasteiger partial charge in [-0.15, -0.1) is 11.3 Å². The maximum Gasteiger partial charge on any atom is 0.321 e. The molecule has 7 heteroatoms. The maximum absolute atomic E-state index is 12.4. The lowest BCUT2D eigenvalue weighted by atomic mass is 10.2. The van der Waals surface area contributed by atoms with Crippen molar-refractivity contribution in [3.63, 3.8) is 0 Å². The third-order valence-corrected chi connectivity index (χ3v) is 4.98. The lowest BCUT2D eigenvalue weighted by Crippen LogP contribution is -2.30. The Morgan fingerprint density at radius 1 is 1.42 bits per heavy atom. The fourth-order valence-electron chi connectivity index (χ4n) is 2.63. The number of carbonyl (C=O) groups is 1. The number of thiazole rings is 1. The van der Waals surface area contributed by atoms with Crippen molar-refractivity contribution in [3.8, 4) is 0 Å². The predicted molar refractivity (Wildman–Crippen MR) is 97.4 cm³/mol. The van der Waals surface area contributed by atoms with Crippen LogP contribution in [-0.4, -0.2) is 32.7 Å². The molecule has 0 aliphatic rings. The van der Waals surface area contributed by atoms with Crippen LogP contribution in [0, 0.1) is 6.92 Å². The Morgan fingerprint density at radius 2 is 2.21 bits per heavy atom. The molecule has 0 spiro atoms. The summed E-state index contributed by atoms with van der Waals surface area (Å²) in [6.45, 7) is 4.55. The minimum atomic E-state index is -0.153. The van der Waals surface area contributed by atoms with Crippen molar-refractivity contribution in [1.82, 2.24) is 19.7 Å². The average Bonchev–Trinajstić information content (AvgIpc) is 3.12. The molecule has 3 aromatic rings. The number of nitrogens with one attached hydrogen (secondary N) is 1. The first-order chi connectivity index (χ1) is 11.5. The summed E-state index contributed by atoms with van der Waals surface area (Å²) in [5.74, 6) is 0. The first-order valence-corrected chi connectivity index (χ1v) is 8.74. The molecular weight excluding hydrogens is 322 g/mol. The van der Waals surface area contributed by atoms with Gasteiger partial charge in [0.05, 0.1) is 28.5 Å². The number of fused-ring (bicyclic) bond motifs is 1. The zero-order valence-corrected chi connectivity index (χ0v) is 15.1. The number of rotatable bonds is 4. The largest absolute Gasteiger partial charge is 0.322 e. The van der Waals surface area contributed by atoms with Gasteiger partial charge in [0.1, 0.15) is 0 Å². The van der Waals surface area contributed by atoms with Crippen LogP contribution in [0.3, 0.4) is 0 Å². The minimum Gasteiger partial charge on any atom is -0.322 e. The fraction of sp³-hybridized carbons (Fsp3) is 0.353. The molecule has 3 rings (SSSR count). The highest BCUT2D eigenvalue weighted by atomic mass is 32.1. The van der Waals surface area contributed by atoms with Gasteiger partial charge in [0.15, 0.2) is 0 Å². The Balaban J connectivity index is 1.70. The van der Waals surface area contributed by atoms with E-state index in [2.05, 4.69) is 22.3 Å². The van der Waals surface area contributed by atoms with Crippen LogP contribution in [0.25, 0.3) is 10.9 Å². The number of carbonyl (C=O) groups excluding carboxylic acids is 1. The van der Waals surface area contributed by atoms with E-state index in [4.69, 9.17) is 0 Å². The molecular formula is C17H21N5OS. The molecule has 0 radical (unpaired) electrons. The van der Waals surface area contributed by atoms with Gasteiger partial charge < -0.3 is 10.2 Å². The zero-order chi connectivity index (χ0) is 17.3. The first-order valence-electron chi connectivity index (χ1n) is 7.86. The molecule has 0 unspecified atom stereocenters. The number of nitrogens with zero attached hydrogens (tertiary/aromatic N) is 4. The van der Waals surface area contributed by atoms with Gasteiger partial charge in [-0.25, -0.2) is 9.78 Å². The summed E-state index contributed by atoms with van der Waals surface area (Å²) < 4.78 is 1.82. The fourth-order valence-corrected chi connectivity index (χ4v) is 3.37. The number of urea groups is 1. The molecule has 1 N–H and O–H groups in total. The first kappa shape index (κ1) is 16.4. The van der Waals surface area contributed by atoms with E-state index in [1.54, 1.807) is 23.3 Å². The number of benzene rings is 1. The Hall–Kier alpha value is -2.41. The van der Waals surface area contributed by atoms with Crippen molar-refractivity contribution in [2.24, 2.45) is 7.05 Å². The van der Waals surface area contributed by atoms with E-state index in [0.29, 0.717) is 6.54 Å². The molecule has 0 atom stereocenters. The van der Waals surface area contributed by atoms with Crippen molar-refractivity contribution >= 4 is 34.0 Å². The quantitative estimate of drug-likeness (QED) is 0.788. The van der Waals surface area contributed by atoms with Crippen LogP contribution in [0.1, 0.15) is 23.3 Å². The summed E-state index contributed by atoms with van der Waals surface area (Å²) in [7, 11) is 3.67.